The van der Waals surface area contributed by atoms with Gasteiger partial charge in [-0.3, -0.25) is 19.6 Å². The molecule has 2 heterocycles. The van der Waals surface area contributed by atoms with E-state index in [1.54, 1.807) is 10.0 Å². The van der Waals surface area contributed by atoms with Gasteiger partial charge in [0.15, 0.2) is 11.5 Å². The van der Waals surface area contributed by atoms with E-state index in [1.807, 2.05) is 24.5 Å². The molecular weight excluding hydrogens is 304 g/mol. The predicted molar refractivity (Wildman–Crippen MR) is 82.7 cm³/mol. The number of hydrazine groups is 1. The van der Waals surface area contributed by atoms with E-state index in [0.29, 0.717) is 30.3 Å². The van der Waals surface area contributed by atoms with Gasteiger partial charge in [-0.2, -0.15) is 11.8 Å². The van der Waals surface area contributed by atoms with Gasteiger partial charge in [0.1, 0.15) is 0 Å². The topological polar surface area (TPSA) is 59.1 Å². The van der Waals surface area contributed by atoms with Gasteiger partial charge in [0.25, 0.3) is 5.91 Å². The number of carbonyl (C=O) groups is 2. The fourth-order valence-electron chi connectivity index (χ4n) is 2.65. The second-order valence-corrected chi connectivity index (χ2v) is 6.05. The lowest BCUT2D eigenvalue weighted by atomic mass is 10.1. The molecule has 0 N–H and O–H groups in total. The third-order valence-electron chi connectivity index (χ3n) is 3.67. The van der Waals surface area contributed by atoms with Crippen LogP contribution in [0, 0.1) is 0 Å². The van der Waals surface area contributed by atoms with Gasteiger partial charge in [0, 0.05) is 13.1 Å². The summed E-state index contributed by atoms with van der Waals surface area (Å²) in [6, 6.07) is 5.49. The molecule has 1 saturated heterocycles. The Balaban J connectivity index is 1.67. The minimum absolute atomic E-state index is 0.0102. The fraction of sp³-hybridized carbons (Fsp3) is 0.467. The molecule has 0 aliphatic carbocycles. The van der Waals surface area contributed by atoms with Crippen LogP contribution in [-0.4, -0.2) is 53.7 Å². The van der Waals surface area contributed by atoms with Gasteiger partial charge in [0.05, 0.1) is 12.2 Å². The number of hydrogen-bond acceptors (Lipinski definition) is 5. The van der Waals surface area contributed by atoms with Crippen molar-refractivity contribution in [1.29, 1.82) is 0 Å². The molecule has 0 radical (unpaired) electrons. The summed E-state index contributed by atoms with van der Waals surface area (Å²) >= 11 is 1.47. The molecule has 0 unspecified atom stereocenters. The van der Waals surface area contributed by atoms with Crippen molar-refractivity contribution in [3.8, 4) is 11.5 Å². The minimum atomic E-state index is -0.0641. The number of benzene rings is 1. The molecule has 1 fully saturated rings. The fourth-order valence-corrected chi connectivity index (χ4v) is 3.04. The van der Waals surface area contributed by atoms with E-state index in [9.17, 15) is 9.59 Å². The maximum atomic E-state index is 12.5. The first-order valence-corrected chi connectivity index (χ1v) is 8.56. The molecular formula is C15H18N2O4S. The highest BCUT2D eigenvalue weighted by Crippen LogP contribution is 2.32. The number of hydrogen-bond donors (Lipinski definition) is 0. The first-order chi connectivity index (χ1) is 10.7. The van der Waals surface area contributed by atoms with Crippen LogP contribution in [-0.2, 0) is 16.0 Å². The van der Waals surface area contributed by atoms with Crippen molar-refractivity contribution in [1.82, 2.24) is 10.0 Å². The van der Waals surface area contributed by atoms with Crippen molar-refractivity contribution in [2.24, 2.45) is 0 Å². The number of nitrogens with zero attached hydrogens (tertiary/aromatic N) is 2. The maximum absolute atomic E-state index is 12.5. The van der Waals surface area contributed by atoms with Crippen LogP contribution in [0.3, 0.4) is 0 Å². The molecule has 0 atom stereocenters. The summed E-state index contributed by atoms with van der Waals surface area (Å²) in [5.41, 5.74) is 0.860. The van der Waals surface area contributed by atoms with Crippen LogP contribution in [0.1, 0.15) is 12.0 Å². The standard InChI is InChI=1S/C15H18N2O4S/c1-22-9-15(19)17-6-2-5-16(17)14(18)8-11-3-4-12-13(7-11)21-10-20-12/h3-4,7H,2,5-6,8-10H2,1H3. The molecule has 118 valence electrons. The van der Waals surface area contributed by atoms with Crippen molar-refractivity contribution < 1.29 is 19.1 Å². The van der Waals surface area contributed by atoms with E-state index in [0.717, 1.165) is 12.0 Å². The Hall–Kier alpha value is -1.89. The molecule has 2 amide bonds. The largest absolute Gasteiger partial charge is 0.454 e. The summed E-state index contributed by atoms with van der Waals surface area (Å²) in [5, 5.41) is 3.15. The first-order valence-electron chi connectivity index (χ1n) is 7.17. The zero-order valence-electron chi connectivity index (χ0n) is 12.4. The van der Waals surface area contributed by atoms with Gasteiger partial charge in [-0.1, -0.05) is 6.07 Å². The summed E-state index contributed by atoms with van der Waals surface area (Å²) in [6.07, 6.45) is 2.96. The molecule has 0 saturated carbocycles. The van der Waals surface area contributed by atoms with Crippen LogP contribution >= 0.6 is 11.8 Å². The van der Waals surface area contributed by atoms with Crippen molar-refractivity contribution in [2.75, 3.05) is 31.9 Å². The molecule has 6 nitrogen and oxygen atoms in total. The molecule has 1 aromatic rings. The van der Waals surface area contributed by atoms with Gasteiger partial charge < -0.3 is 9.47 Å². The Labute approximate surface area is 133 Å². The number of rotatable bonds is 4. The Kier molecular flexibility index (Phi) is 4.42. The first kappa shape index (κ1) is 15.0. The van der Waals surface area contributed by atoms with Crippen LogP contribution in [0.5, 0.6) is 11.5 Å². The van der Waals surface area contributed by atoms with Crippen molar-refractivity contribution in [3.63, 3.8) is 0 Å². The lowest BCUT2D eigenvalue weighted by Crippen LogP contribution is -2.46. The number of ether oxygens (including phenoxy) is 2. The van der Waals surface area contributed by atoms with E-state index < -0.39 is 0 Å². The van der Waals surface area contributed by atoms with E-state index in [4.69, 9.17) is 9.47 Å². The Morgan fingerprint density at radius 2 is 1.86 bits per heavy atom. The third-order valence-corrected chi connectivity index (χ3v) is 4.20. The maximum Gasteiger partial charge on any atom is 0.251 e. The Morgan fingerprint density at radius 1 is 1.14 bits per heavy atom. The molecule has 0 spiro atoms. The minimum Gasteiger partial charge on any atom is -0.454 e. The van der Waals surface area contributed by atoms with Crippen molar-refractivity contribution in [2.45, 2.75) is 12.8 Å². The lowest BCUT2D eigenvalue weighted by Gasteiger charge is -2.27. The molecule has 22 heavy (non-hydrogen) atoms. The summed E-state index contributed by atoms with van der Waals surface area (Å²) < 4.78 is 10.6. The van der Waals surface area contributed by atoms with Crippen LogP contribution in [0.15, 0.2) is 18.2 Å². The van der Waals surface area contributed by atoms with Gasteiger partial charge in [0.2, 0.25) is 12.7 Å². The monoisotopic (exact) mass is 322 g/mol. The highest BCUT2D eigenvalue weighted by Gasteiger charge is 2.30. The molecule has 0 bridgehead atoms. The lowest BCUT2D eigenvalue weighted by molar-refractivity contribution is -0.155. The zero-order chi connectivity index (χ0) is 15.5. The molecule has 2 aliphatic heterocycles. The van der Waals surface area contributed by atoms with E-state index in [2.05, 4.69) is 0 Å². The Bertz CT molecular complexity index is 593. The van der Waals surface area contributed by atoms with Crippen LogP contribution in [0.2, 0.25) is 0 Å². The van der Waals surface area contributed by atoms with Crippen molar-refractivity contribution >= 4 is 23.6 Å². The average molecular weight is 322 g/mol. The molecule has 0 aromatic heterocycles. The number of amides is 2. The van der Waals surface area contributed by atoms with Gasteiger partial charge >= 0.3 is 0 Å². The molecule has 2 aliphatic rings. The molecule has 7 heteroatoms. The van der Waals surface area contributed by atoms with Gasteiger partial charge in [-0.15, -0.1) is 0 Å². The van der Waals surface area contributed by atoms with Crippen molar-refractivity contribution in [3.05, 3.63) is 23.8 Å². The van der Waals surface area contributed by atoms with Crippen LogP contribution < -0.4 is 9.47 Å². The molecule has 1 aromatic carbocycles. The SMILES string of the molecule is CSCC(=O)N1CCCN1C(=O)Cc1ccc2c(c1)OCO2. The number of carbonyl (C=O) groups excluding carboxylic acids is 2. The molecule has 3 rings (SSSR count). The predicted octanol–water partition coefficient (Wildman–Crippen LogP) is 1.30. The van der Waals surface area contributed by atoms with Gasteiger partial charge in [-0.05, 0) is 30.4 Å². The van der Waals surface area contributed by atoms with Gasteiger partial charge in [-0.25, -0.2) is 0 Å². The third kappa shape index (κ3) is 2.99. The second kappa shape index (κ2) is 6.48. The summed E-state index contributed by atoms with van der Waals surface area (Å²) in [5.74, 6) is 1.69. The number of thioether (sulfide) groups is 1. The smallest absolute Gasteiger partial charge is 0.251 e. The summed E-state index contributed by atoms with van der Waals surface area (Å²) in [7, 11) is 0. The van der Waals surface area contributed by atoms with E-state index in [-0.39, 0.29) is 25.0 Å². The van der Waals surface area contributed by atoms with Crippen LogP contribution in [0.25, 0.3) is 0 Å². The quantitative estimate of drug-likeness (QED) is 0.836. The second-order valence-electron chi connectivity index (χ2n) is 5.18. The highest BCUT2D eigenvalue weighted by molar-refractivity contribution is 7.99. The van der Waals surface area contributed by atoms with E-state index in [1.165, 1.54) is 11.8 Å². The van der Waals surface area contributed by atoms with Crippen LogP contribution in [0.4, 0.5) is 0 Å². The Morgan fingerprint density at radius 3 is 2.64 bits per heavy atom. The van der Waals surface area contributed by atoms with E-state index >= 15 is 0 Å². The summed E-state index contributed by atoms with van der Waals surface area (Å²) in [6.45, 7) is 1.44. The summed E-state index contributed by atoms with van der Waals surface area (Å²) in [4.78, 5) is 24.5. The highest BCUT2D eigenvalue weighted by atomic mass is 32.2. The average Bonchev–Trinajstić information content (AvgIpc) is 3.16. The normalized spacial score (nSPS) is 16.2. The number of fused-ring (bicyclic) bond motifs is 1. The zero-order valence-corrected chi connectivity index (χ0v) is 13.2.